The first-order valence-corrected chi connectivity index (χ1v) is 6.83. The van der Waals surface area contributed by atoms with Gasteiger partial charge in [-0.25, -0.2) is 0 Å². The summed E-state index contributed by atoms with van der Waals surface area (Å²) in [6, 6.07) is 12.3. The number of nitrogens with zero attached hydrogens (tertiary/aromatic N) is 3. The van der Waals surface area contributed by atoms with E-state index in [4.69, 9.17) is 5.26 Å². The van der Waals surface area contributed by atoms with E-state index in [9.17, 15) is 25.0 Å². The number of carbonyl (C=O) groups is 1. The Balaban J connectivity index is 2.21. The molecule has 2 aromatic carbocycles. The topological polar surface area (TPSA) is 139 Å². The lowest BCUT2D eigenvalue weighted by atomic mass is 10.1. The summed E-state index contributed by atoms with van der Waals surface area (Å²) < 4.78 is 0. The molecule has 0 saturated carbocycles. The lowest BCUT2D eigenvalue weighted by molar-refractivity contribution is -0.385. The van der Waals surface area contributed by atoms with Crippen LogP contribution in [0.3, 0.4) is 0 Å². The number of nitro benzene ring substituents is 2. The third-order valence-electron chi connectivity index (χ3n) is 3.09. The molecule has 1 N–H and O–H groups in total. The van der Waals surface area contributed by atoms with Gasteiger partial charge >= 0.3 is 0 Å². The average molecular weight is 338 g/mol. The van der Waals surface area contributed by atoms with Crippen molar-refractivity contribution in [3.63, 3.8) is 0 Å². The molecule has 0 fully saturated rings. The fraction of sp³-hybridized carbons (Fsp3) is 0. The predicted octanol–water partition coefficient (Wildman–Crippen LogP) is 3.05. The zero-order valence-corrected chi connectivity index (χ0v) is 12.6. The molecule has 0 aromatic heterocycles. The maximum Gasteiger partial charge on any atom is 0.271 e. The number of non-ortho nitro benzene ring substituents is 2. The lowest BCUT2D eigenvalue weighted by Crippen LogP contribution is -2.13. The van der Waals surface area contributed by atoms with Gasteiger partial charge in [0.25, 0.3) is 17.3 Å². The first-order chi connectivity index (χ1) is 11.9. The van der Waals surface area contributed by atoms with Crippen molar-refractivity contribution in [3.05, 3.63) is 79.9 Å². The van der Waals surface area contributed by atoms with Crippen molar-refractivity contribution in [1.29, 1.82) is 5.26 Å². The molecule has 0 saturated heterocycles. The van der Waals surface area contributed by atoms with Gasteiger partial charge in [0.2, 0.25) is 0 Å². The molecule has 0 unspecified atom stereocenters. The van der Waals surface area contributed by atoms with Gasteiger partial charge in [0.05, 0.1) is 9.85 Å². The number of benzene rings is 2. The Kier molecular flexibility index (Phi) is 5.17. The molecule has 9 heteroatoms. The largest absolute Gasteiger partial charge is 0.321 e. The second kappa shape index (κ2) is 7.47. The zero-order chi connectivity index (χ0) is 18.4. The number of hydrogen-bond donors (Lipinski definition) is 1. The molecule has 0 aliphatic rings. The summed E-state index contributed by atoms with van der Waals surface area (Å²) in [6.45, 7) is 0. The first-order valence-electron chi connectivity index (χ1n) is 6.83. The van der Waals surface area contributed by atoms with Crippen molar-refractivity contribution in [2.45, 2.75) is 0 Å². The molecule has 0 bridgehead atoms. The molecular weight excluding hydrogens is 328 g/mol. The summed E-state index contributed by atoms with van der Waals surface area (Å²) in [5.41, 5.74) is 0.0353. The average Bonchev–Trinajstić information content (AvgIpc) is 2.60. The number of nitrogens with one attached hydrogen (secondary N) is 1. The quantitative estimate of drug-likeness (QED) is 0.384. The van der Waals surface area contributed by atoms with Crippen LogP contribution in [0, 0.1) is 31.6 Å². The predicted molar refractivity (Wildman–Crippen MR) is 88.4 cm³/mol. The van der Waals surface area contributed by atoms with E-state index in [2.05, 4.69) is 5.32 Å². The number of nitriles is 1. The van der Waals surface area contributed by atoms with Crippen molar-refractivity contribution in [2.24, 2.45) is 0 Å². The highest BCUT2D eigenvalue weighted by atomic mass is 16.6. The number of anilines is 1. The number of amides is 1. The zero-order valence-electron chi connectivity index (χ0n) is 12.6. The molecule has 0 atom stereocenters. The lowest BCUT2D eigenvalue weighted by Gasteiger charge is -2.04. The maximum atomic E-state index is 12.1. The van der Waals surface area contributed by atoms with Crippen LogP contribution < -0.4 is 5.32 Å². The van der Waals surface area contributed by atoms with Gasteiger partial charge in [-0.3, -0.25) is 25.0 Å². The van der Waals surface area contributed by atoms with E-state index in [-0.39, 0.29) is 22.6 Å². The molecule has 2 aromatic rings. The number of carbonyl (C=O) groups excluding carboxylic acids is 1. The third-order valence-corrected chi connectivity index (χ3v) is 3.09. The SMILES string of the molecule is N#C/C(=C\c1ccc([N+](=O)[O-])cc1)C(=O)Nc1cccc([N+](=O)[O-])c1. The summed E-state index contributed by atoms with van der Waals surface area (Å²) in [7, 11) is 0. The van der Waals surface area contributed by atoms with Crippen molar-refractivity contribution in [2.75, 3.05) is 5.32 Å². The highest BCUT2D eigenvalue weighted by Gasteiger charge is 2.12. The van der Waals surface area contributed by atoms with Gasteiger partial charge in [-0.2, -0.15) is 5.26 Å². The number of hydrogen-bond acceptors (Lipinski definition) is 6. The van der Waals surface area contributed by atoms with Gasteiger partial charge in [-0.15, -0.1) is 0 Å². The van der Waals surface area contributed by atoms with Crippen molar-refractivity contribution >= 4 is 29.0 Å². The Hall–Kier alpha value is -4.06. The Morgan fingerprint density at radius 2 is 1.68 bits per heavy atom. The summed E-state index contributed by atoms with van der Waals surface area (Å²) >= 11 is 0. The Morgan fingerprint density at radius 1 is 1.04 bits per heavy atom. The second-order valence-electron chi connectivity index (χ2n) is 4.78. The molecule has 124 valence electrons. The highest BCUT2D eigenvalue weighted by molar-refractivity contribution is 6.09. The van der Waals surface area contributed by atoms with E-state index in [1.807, 2.05) is 0 Å². The van der Waals surface area contributed by atoms with E-state index in [1.165, 1.54) is 54.6 Å². The molecule has 0 heterocycles. The van der Waals surface area contributed by atoms with E-state index in [0.29, 0.717) is 5.56 Å². The van der Waals surface area contributed by atoms with Gasteiger partial charge in [0.1, 0.15) is 11.6 Å². The third kappa shape index (κ3) is 4.46. The fourth-order valence-electron chi connectivity index (χ4n) is 1.90. The normalized spacial score (nSPS) is 10.6. The van der Waals surface area contributed by atoms with Gasteiger partial charge in [-0.05, 0) is 29.8 Å². The van der Waals surface area contributed by atoms with Crippen LogP contribution in [0.2, 0.25) is 0 Å². The minimum atomic E-state index is -0.749. The molecule has 1 amide bonds. The monoisotopic (exact) mass is 338 g/mol. The van der Waals surface area contributed by atoms with Crippen LogP contribution in [0.25, 0.3) is 6.08 Å². The fourth-order valence-corrected chi connectivity index (χ4v) is 1.90. The van der Waals surface area contributed by atoms with Crippen LogP contribution >= 0.6 is 0 Å². The van der Waals surface area contributed by atoms with Crippen LogP contribution in [-0.2, 0) is 4.79 Å². The number of nitro groups is 2. The van der Waals surface area contributed by atoms with Crippen LogP contribution in [0.4, 0.5) is 17.1 Å². The van der Waals surface area contributed by atoms with Crippen LogP contribution in [-0.4, -0.2) is 15.8 Å². The van der Waals surface area contributed by atoms with Crippen LogP contribution in [0.1, 0.15) is 5.56 Å². The second-order valence-corrected chi connectivity index (χ2v) is 4.78. The van der Waals surface area contributed by atoms with Gasteiger partial charge in [0.15, 0.2) is 0 Å². The molecule has 2 rings (SSSR count). The summed E-state index contributed by atoms with van der Waals surface area (Å²) in [4.78, 5) is 32.3. The van der Waals surface area contributed by atoms with Crippen LogP contribution in [0.5, 0.6) is 0 Å². The Bertz CT molecular complexity index is 913. The molecule has 0 aliphatic carbocycles. The standard InChI is InChI=1S/C16H10N4O5/c17-10-12(8-11-4-6-14(7-5-11)19(22)23)16(21)18-13-2-1-3-15(9-13)20(24)25/h1-9H,(H,18,21)/b12-8+. The van der Waals surface area contributed by atoms with Crippen LogP contribution in [0.15, 0.2) is 54.1 Å². The minimum Gasteiger partial charge on any atom is -0.321 e. The van der Waals surface area contributed by atoms with Gasteiger partial charge < -0.3 is 5.32 Å². The molecule has 25 heavy (non-hydrogen) atoms. The van der Waals surface area contributed by atoms with E-state index >= 15 is 0 Å². The Labute approximate surface area is 141 Å². The maximum absolute atomic E-state index is 12.1. The first kappa shape index (κ1) is 17.3. The summed E-state index contributed by atoms with van der Waals surface area (Å²) in [6.07, 6.45) is 1.26. The summed E-state index contributed by atoms with van der Waals surface area (Å²) in [5, 5.41) is 32.9. The Morgan fingerprint density at radius 3 is 2.24 bits per heavy atom. The van der Waals surface area contributed by atoms with Gasteiger partial charge in [-0.1, -0.05) is 6.07 Å². The molecule has 0 spiro atoms. The van der Waals surface area contributed by atoms with Crippen molar-refractivity contribution < 1.29 is 14.6 Å². The minimum absolute atomic E-state index is 0.114. The van der Waals surface area contributed by atoms with Crippen molar-refractivity contribution in [1.82, 2.24) is 0 Å². The molecule has 0 aliphatic heterocycles. The molecule has 0 radical (unpaired) electrons. The summed E-state index contributed by atoms with van der Waals surface area (Å²) in [5.74, 6) is -0.749. The van der Waals surface area contributed by atoms with E-state index < -0.39 is 15.8 Å². The van der Waals surface area contributed by atoms with Crippen molar-refractivity contribution in [3.8, 4) is 6.07 Å². The smallest absolute Gasteiger partial charge is 0.271 e. The van der Waals surface area contributed by atoms with E-state index in [0.717, 1.165) is 0 Å². The molecular formula is C16H10N4O5. The highest BCUT2D eigenvalue weighted by Crippen LogP contribution is 2.19. The molecule has 9 nitrogen and oxygen atoms in total. The van der Waals surface area contributed by atoms with Gasteiger partial charge in [0, 0.05) is 30.0 Å². The van der Waals surface area contributed by atoms with E-state index in [1.54, 1.807) is 6.07 Å². The number of rotatable bonds is 5.